The van der Waals surface area contributed by atoms with Crippen molar-refractivity contribution in [2.75, 3.05) is 6.54 Å². The standard InChI is InChI=1S/C18H19F3N4O5/c1-3-7-23-15(27)24(8-4-2)17(29)25(16(23)28)11-14(26)22(12-18(19,20)21)10-13-6-5-9-30-13/h3-6,9H,1-2,7-8,10-12H2. The summed E-state index contributed by atoms with van der Waals surface area (Å²) < 4.78 is 45.5. The second-order valence-corrected chi connectivity index (χ2v) is 6.18. The van der Waals surface area contributed by atoms with E-state index in [4.69, 9.17) is 4.42 Å². The van der Waals surface area contributed by atoms with Crippen molar-refractivity contribution in [1.82, 2.24) is 18.6 Å². The molecule has 12 heteroatoms. The average molecular weight is 428 g/mol. The summed E-state index contributed by atoms with van der Waals surface area (Å²) in [6.07, 6.45) is -1.04. The number of halogens is 3. The third-order valence-electron chi connectivity index (χ3n) is 3.95. The van der Waals surface area contributed by atoms with Crippen molar-refractivity contribution in [3.05, 3.63) is 80.9 Å². The van der Waals surface area contributed by atoms with Gasteiger partial charge in [-0.15, -0.1) is 13.2 Å². The minimum absolute atomic E-state index is 0.0839. The van der Waals surface area contributed by atoms with Crippen LogP contribution in [0.1, 0.15) is 5.76 Å². The Morgan fingerprint density at radius 1 is 1.03 bits per heavy atom. The minimum atomic E-state index is -4.72. The Labute approximate surface area is 167 Å². The molecule has 2 aromatic rings. The lowest BCUT2D eigenvalue weighted by molar-refractivity contribution is -0.163. The first kappa shape index (κ1) is 22.7. The number of hydrogen-bond acceptors (Lipinski definition) is 5. The Balaban J connectivity index is 2.49. The number of alkyl halides is 3. The summed E-state index contributed by atoms with van der Waals surface area (Å²) in [7, 11) is 0. The lowest BCUT2D eigenvalue weighted by Crippen LogP contribution is -2.56. The van der Waals surface area contributed by atoms with Gasteiger partial charge in [0.05, 0.1) is 25.9 Å². The number of carbonyl (C=O) groups excluding carboxylic acids is 1. The molecule has 0 saturated carbocycles. The van der Waals surface area contributed by atoms with Crippen LogP contribution in [0.3, 0.4) is 0 Å². The van der Waals surface area contributed by atoms with E-state index in [1.165, 1.54) is 30.5 Å². The molecule has 0 fully saturated rings. The van der Waals surface area contributed by atoms with E-state index in [-0.39, 0.29) is 18.8 Å². The van der Waals surface area contributed by atoms with Gasteiger partial charge in [0.15, 0.2) is 0 Å². The summed E-state index contributed by atoms with van der Waals surface area (Å²) >= 11 is 0. The van der Waals surface area contributed by atoms with Crippen molar-refractivity contribution in [2.24, 2.45) is 0 Å². The number of rotatable bonds is 9. The number of nitrogens with zero attached hydrogens (tertiary/aromatic N) is 4. The van der Waals surface area contributed by atoms with Crippen LogP contribution in [0.25, 0.3) is 0 Å². The zero-order valence-electron chi connectivity index (χ0n) is 15.8. The maximum Gasteiger partial charge on any atom is 0.406 e. The van der Waals surface area contributed by atoms with Gasteiger partial charge in [-0.25, -0.2) is 28.1 Å². The predicted octanol–water partition coefficient (Wildman–Crippen LogP) is 0.728. The molecule has 0 unspecified atom stereocenters. The van der Waals surface area contributed by atoms with Crippen LogP contribution >= 0.6 is 0 Å². The topological polar surface area (TPSA) is 99.4 Å². The van der Waals surface area contributed by atoms with Crippen molar-refractivity contribution in [1.29, 1.82) is 0 Å². The third kappa shape index (κ3) is 5.27. The van der Waals surface area contributed by atoms with E-state index in [0.29, 0.717) is 18.6 Å². The molecule has 0 saturated heterocycles. The van der Waals surface area contributed by atoms with Gasteiger partial charge in [-0.2, -0.15) is 13.2 Å². The van der Waals surface area contributed by atoms with Crippen molar-refractivity contribution in [3.63, 3.8) is 0 Å². The van der Waals surface area contributed by atoms with Crippen molar-refractivity contribution >= 4 is 5.91 Å². The summed E-state index contributed by atoms with van der Waals surface area (Å²) in [5.74, 6) is -1.07. The van der Waals surface area contributed by atoms with Gasteiger partial charge in [0.25, 0.3) is 0 Å². The molecule has 2 aromatic heterocycles. The largest absolute Gasteiger partial charge is 0.467 e. The smallest absolute Gasteiger partial charge is 0.406 e. The number of amides is 1. The van der Waals surface area contributed by atoms with E-state index in [1.54, 1.807) is 0 Å². The van der Waals surface area contributed by atoms with Crippen LogP contribution in [-0.2, 0) is 31.0 Å². The first-order valence-electron chi connectivity index (χ1n) is 8.62. The van der Waals surface area contributed by atoms with Gasteiger partial charge in [0.1, 0.15) is 18.8 Å². The molecule has 2 rings (SSSR count). The van der Waals surface area contributed by atoms with Gasteiger partial charge in [0.2, 0.25) is 5.91 Å². The normalized spacial score (nSPS) is 11.3. The van der Waals surface area contributed by atoms with Crippen LogP contribution in [0.5, 0.6) is 0 Å². The van der Waals surface area contributed by atoms with E-state index < -0.39 is 48.8 Å². The molecule has 30 heavy (non-hydrogen) atoms. The van der Waals surface area contributed by atoms with Gasteiger partial charge < -0.3 is 9.32 Å². The molecule has 2 heterocycles. The number of furan rings is 1. The van der Waals surface area contributed by atoms with Crippen LogP contribution < -0.4 is 17.1 Å². The SMILES string of the molecule is C=CCn1c(=O)n(CC=C)c(=O)n(CC(=O)N(Cc2ccco2)CC(F)(F)F)c1=O. The van der Waals surface area contributed by atoms with E-state index in [9.17, 15) is 32.3 Å². The highest BCUT2D eigenvalue weighted by atomic mass is 19.4. The van der Waals surface area contributed by atoms with E-state index in [2.05, 4.69) is 13.2 Å². The molecule has 0 radical (unpaired) electrons. The second-order valence-electron chi connectivity index (χ2n) is 6.18. The number of hydrogen-bond donors (Lipinski definition) is 0. The molecule has 0 aliphatic heterocycles. The molecule has 162 valence electrons. The Morgan fingerprint density at radius 3 is 2.00 bits per heavy atom. The average Bonchev–Trinajstić information content (AvgIpc) is 3.17. The first-order chi connectivity index (χ1) is 14.1. The summed E-state index contributed by atoms with van der Waals surface area (Å²) in [6.45, 7) is 3.16. The highest BCUT2D eigenvalue weighted by Gasteiger charge is 2.34. The van der Waals surface area contributed by atoms with Gasteiger partial charge in [-0.05, 0) is 12.1 Å². The Bertz CT molecular complexity index is 1040. The zero-order chi connectivity index (χ0) is 22.5. The van der Waals surface area contributed by atoms with Crippen LogP contribution in [0.15, 0.2) is 62.5 Å². The molecule has 9 nitrogen and oxygen atoms in total. The highest BCUT2D eigenvalue weighted by Crippen LogP contribution is 2.18. The van der Waals surface area contributed by atoms with Crippen LogP contribution in [-0.4, -0.2) is 37.2 Å². The Hall–Kier alpha value is -3.57. The van der Waals surface area contributed by atoms with Crippen LogP contribution in [0.4, 0.5) is 13.2 Å². The fraction of sp³-hybridized carbons (Fsp3) is 0.333. The number of aromatic nitrogens is 3. The van der Waals surface area contributed by atoms with Gasteiger partial charge >= 0.3 is 23.2 Å². The molecule has 0 aromatic carbocycles. The second kappa shape index (κ2) is 9.29. The van der Waals surface area contributed by atoms with Gasteiger partial charge in [-0.3, -0.25) is 4.79 Å². The molecule has 0 spiro atoms. The highest BCUT2D eigenvalue weighted by molar-refractivity contribution is 5.76. The molecule has 0 atom stereocenters. The van der Waals surface area contributed by atoms with E-state index in [1.807, 2.05) is 0 Å². The maximum absolute atomic E-state index is 12.9. The zero-order valence-corrected chi connectivity index (χ0v) is 15.8. The number of allylic oxidation sites excluding steroid dienone is 2. The minimum Gasteiger partial charge on any atom is -0.467 e. The molecule has 0 bridgehead atoms. The lowest BCUT2D eigenvalue weighted by Gasteiger charge is -2.23. The third-order valence-corrected chi connectivity index (χ3v) is 3.95. The van der Waals surface area contributed by atoms with Crippen LogP contribution in [0.2, 0.25) is 0 Å². The fourth-order valence-electron chi connectivity index (χ4n) is 2.66. The Kier molecular flexibility index (Phi) is 7.03. The summed E-state index contributed by atoms with van der Waals surface area (Å²) in [4.78, 5) is 50.4. The van der Waals surface area contributed by atoms with E-state index >= 15 is 0 Å². The van der Waals surface area contributed by atoms with Crippen molar-refractivity contribution in [3.8, 4) is 0 Å². The van der Waals surface area contributed by atoms with E-state index in [0.717, 1.165) is 0 Å². The van der Waals surface area contributed by atoms with Crippen LogP contribution in [0, 0.1) is 0 Å². The maximum atomic E-state index is 12.9. The quantitative estimate of drug-likeness (QED) is 0.549. The number of carbonyl (C=O) groups is 1. The fourth-order valence-corrected chi connectivity index (χ4v) is 2.66. The predicted molar refractivity (Wildman–Crippen MR) is 99.8 cm³/mol. The summed E-state index contributed by atoms with van der Waals surface area (Å²) in [5.41, 5.74) is -3.22. The van der Waals surface area contributed by atoms with Crippen molar-refractivity contribution < 1.29 is 22.4 Å². The molecule has 0 N–H and O–H groups in total. The molecular formula is C18H19F3N4O5. The first-order valence-corrected chi connectivity index (χ1v) is 8.62. The summed E-state index contributed by atoms with van der Waals surface area (Å²) in [6, 6.07) is 2.82. The molecular weight excluding hydrogens is 409 g/mol. The Morgan fingerprint density at radius 2 is 1.57 bits per heavy atom. The molecule has 1 amide bonds. The monoisotopic (exact) mass is 428 g/mol. The lowest BCUT2D eigenvalue weighted by atomic mass is 10.3. The molecule has 0 aliphatic carbocycles. The van der Waals surface area contributed by atoms with Gasteiger partial charge in [0, 0.05) is 0 Å². The van der Waals surface area contributed by atoms with Crippen molar-refractivity contribution in [2.45, 2.75) is 32.4 Å². The summed E-state index contributed by atoms with van der Waals surface area (Å²) in [5, 5.41) is 0. The molecule has 0 aliphatic rings. The van der Waals surface area contributed by atoms with Gasteiger partial charge in [-0.1, -0.05) is 12.2 Å².